The topological polar surface area (TPSA) is 127 Å². The Hall–Kier alpha value is -4.34. The van der Waals surface area contributed by atoms with Crippen molar-refractivity contribution in [2.45, 2.75) is 12.8 Å². The third-order valence-corrected chi connectivity index (χ3v) is 4.71. The van der Waals surface area contributed by atoms with Crippen LogP contribution >= 0.6 is 0 Å². The van der Waals surface area contributed by atoms with E-state index in [1.165, 1.54) is 13.2 Å². The molecular formula is C22H19N5O5. The van der Waals surface area contributed by atoms with Crippen LogP contribution in [0.15, 0.2) is 64.2 Å². The predicted octanol–water partition coefficient (Wildman–Crippen LogP) is 2.49. The molecule has 1 N–H and O–H groups in total. The fraction of sp³-hybridized carbons (Fsp3) is 0.182. The fourth-order valence-electron chi connectivity index (χ4n) is 3.13. The standard InChI is InChI=1S/C22H19N5O5/c1-31-22(30)15-9-5-6-10-16(15)23-18(28)13-27-19(29)12-11-17(25-27)21-24-20(26-32-21)14-7-3-2-4-8-14/h2-10H,11-13H2,1H3,(H,23,28). The van der Waals surface area contributed by atoms with Gasteiger partial charge in [-0.1, -0.05) is 47.6 Å². The molecule has 0 spiro atoms. The van der Waals surface area contributed by atoms with Gasteiger partial charge in [-0.15, -0.1) is 0 Å². The van der Waals surface area contributed by atoms with Crippen molar-refractivity contribution in [3.05, 3.63) is 66.1 Å². The minimum absolute atomic E-state index is 0.147. The molecule has 0 saturated carbocycles. The maximum absolute atomic E-state index is 12.5. The number of esters is 1. The summed E-state index contributed by atoms with van der Waals surface area (Å²) in [6.07, 6.45) is 0.465. The van der Waals surface area contributed by atoms with Crippen molar-refractivity contribution >= 4 is 29.2 Å². The molecule has 10 nitrogen and oxygen atoms in total. The molecule has 3 aromatic rings. The number of aromatic nitrogens is 2. The van der Waals surface area contributed by atoms with Crippen molar-refractivity contribution in [2.24, 2.45) is 5.10 Å². The van der Waals surface area contributed by atoms with Gasteiger partial charge in [-0.25, -0.2) is 9.80 Å². The first kappa shape index (κ1) is 20.9. The highest BCUT2D eigenvalue weighted by Gasteiger charge is 2.27. The number of hydrogen-bond acceptors (Lipinski definition) is 8. The first-order valence-electron chi connectivity index (χ1n) is 9.79. The molecule has 1 aliphatic heterocycles. The lowest BCUT2D eigenvalue weighted by Crippen LogP contribution is -2.38. The highest BCUT2D eigenvalue weighted by molar-refractivity contribution is 6.04. The number of amides is 2. The molecule has 1 aliphatic rings. The van der Waals surface area contributed by atoms with Gasteiger partial charge in [0.2, 0.25) is 17.6 Å². The number of para-hydroxylation sites is 1. The number of benzene rings is 2. The first-order valence-corrected chi connectivity index (χ1v) is 9.79. The van der Waals surface area contributed by atoms with E-state index in [2.05, 4.69) is 20.6 Å². The van der Waals surface area contributed by atoms with Crippen molar-refractivity contribution in [3.8, 4) is 11.4 Å². The van der Waals surface area contributed by atoms with Gasteiger partial charge in [0.15, 0.2) is 0 Å². The average Bonchev–Trinajstić information content (AvgIpc) is 3.31. The van der Waals surface area contributed by atoms with Crippen molar-refractivity contribution < 1.29 is 23.6 Å². The lowest BCUT2D eigenvalue weighted by atomic mass is 10.1. The molecule has 32 heavy (non-hydrogen) atoms. The highest BCUT2D eigenvalue weighted by atomic mass is 16.5. The number of methoxy groups -OCH3 is 1. The maximum atomic E-state index is 12.5. The molecule has 0 fully saturated rings. The number of nitrogens with zero attached hydrogens (tertiary/aromatic N) is 4. The second-order valence-electron chi connectivity index (χ2n) is 6.87. The summed E-state index contributed by atoms with van der Waals surface area (Å²) in [5.41, 5.74) is 1.69. The molecule has 0 unspecified atom stereocenters. The molecule has 0 aliphatic carbocycles. The average molecular weight is 433 g/mol. The van der Waals surface area contributed by atoms with Gasteiger partial charge in [0.1, 0.15) is 12.3 Å². The van der Waals surface area contributed by atoms with Gasteiger partial charge >= 0.3 is 5.97 Å². The van der Waals surface area contributed by atoms with Crippen molar-refractivity contribution in [1.82, 2.24) is 15.1 Å². The van der Waals surface area contributed by atoms with E-state index in [1.54, 1.807) is 18.2 Å². The normalized spacial score (nSPS) is 13.5. The minimum atomic E-state index is -0.583. The largest absolute Gasteiger partial charge is 0.465 e. The third-order valence-electron chi connectivity index (χ3n) is 4.71. The number of anilines is 1. The second kappa shape index (κ2) is 9.21. The Labute approximate surface area is 182 Å². The summed E-state index contributed by atoms with van der Waals surface area (Å²) in [5.74, 6) is -0.814. The molecule has 10 heteroatoms. The van der Waals surface area contributed by atoms with Crippen molar-refractivity contribution in [3.63, 3.8) is 0 Å². The van der Waals surface area contributed by atoms with Crippen LogP contribution in [0.25, 0.3) is 11.4 Å². The Kier molecular flexibility index (Phi) is 6.02. The summed E-state index contributed by atoms with van der Waals surface area (Å²) in [4.78, 5) is 41.1. The van der Waals surface area contributed by atoms with Crippen LogP contribution in [0.3, 0.4) is 0 Å². The van der Waals surface area contributed by atoms with E-state index in [-0.39, 0.29) is 36.0 Å². The Morgan fingerprint density at radius 3 is 2.62 bits per heavy atom. The van der Waals surface area contributed by atoms with E-state index in [0.717, 1.165) is 10.6 Å². The van der Waals surface area contributed by atoms with Gasteiger partial charge in [0, 0.05) is 18.4 Å². The zero-order chi connectivity index (χ0) is 22.5. The molecule has 0 saturated heterocycles. The summed E-state index contributed by atoms with van der Waals surface area (Å²) in [7, 11) is 1.25. The second-order valence-corrected chi connectivity index (χ2v) is 6.87. The SMILES string of the molecule is COC(=O)c1ccccc1NC(=O)CN1N=C(c2nc(-c3ccccc3)no2)CCC1=O. The summed E-state index contributed by atoms with van der Waals surface area (Å²) in [6, 6.07) is 15.7. The Morgan fingerprint density at radius 1 is 1.09 bits per heavy atom. The van der Waals surface area contributed by atoms with Gasteiger partial charge in [-0.05, 0) is 12.1 Å². The Balaban J connectivity index is 1.49. The van der Waals surface area contributed by atoms with Gasteiger partial charge in [-0.2, -0.15) is 10.1 Å². The van der Waals surface area contributed by atoms with Gasteiger partial charge in [0.25, 0.3) is 5.89 Å². The van der Waals surface area contributed by atoms with Crippen LogP contribution in [-0.4, -0.2) is 52.3 Å². The fourth-order valence-corrected chi connectivity index (χ4v) is 3.13. The third kappa shape index (κ3) is 4.53. The number of nitrogens with one attached hydrogen (secondary N) is 1. The van der Waals surface area contributed by atoms with Gasteiger partial charge in [0.05, 0.1) is 18.4 Å². The number of hydrogen-bond donors (Lipinski definition) is 1. The highest BCUT2D eigenvalue weighted by Crippen LogP contribution is 2.20. The molecular weight excluding hydrogens is 414 g/mol. The lowest BCUT2D eigenvalue weighted by Gasteiger charge is -2.22. The zero-order valence-electron chi connectivity index (χ0n) is 17.1. The monoisotopic (exact) mass is 433 g/mol. The van der Waals surface area contributed by atoms with Crippen LogP contribution in [0.5, 0.6) is 0 Å². The van der Waals surface area contributed by atoms with Crippen LogP contribution in [0, 0.1) is 0 Å². The van der Waals surface area contributed by atoms with Gasteiger partial charge < -0.3 is 14.6 Å². The molecule has 2 heterocycles. The van der Waals surface area contributed by atoms with Crippen molar-refractivity contribution in [2.75, 3.05) is 19.0 Å². The van der Waals surface area contributed by atoms with E-state index >= 15 is 0 Å². The van der Waals surface area contributed by atoms with E-state index in [4.69, 9.17) is 9.26 Å². The number of rotatable bonds is 6. The number of ether oxygens (including phenoxy) is 1. The smallest absolute Gasteiger partial charge is 0.339 e. The van der Waals surface area contributed by atoms with E-state index < -0.39 is 11.9 Å². The Morgan fingerprint density at radius 2 is 1.84 bits per heavy atom. The Bertz CT molecular complexity index is 1190. The summed E-state index contributed by atoms with van der Waals surface area (Å²) in [6.45, 7) is -0.336. The predicted molar refractivity (Wildman–Crippen MR) is 114 cm³/mol. The van der Waals surface area contributed by atoms with Crippen LogP contribution < -0.4 is 5.32 Å². The zero-order valence-corrected chi connectivity index (χ0v) is 17.1. The number of carbonyl (C=O) groups excluding carboxylic acids is 3. The van der Waals surface area contributed by atoms with Crippen molar-refractivity contribution in [1.29, 1.82) is 0 Å². The molecule has 0 bridgehead atoms. The maximum Gasteiger partial charge on any atom is 0.339 e. The first-order chi connectivity index (χ1) is 15.5. The molecule has 0 radical (unpaired) electrons. The summed E-state index contributed by atoms with van der Waals surface area (Å²) < 4.78 is 10.0. The van der Waals surface area contributed by atoms with E-state index in [1.807, 2.05) is 30.3 Å². The van der Waals surface area contributed by atoms with Crippen LogP contribution in [-0.2, 0) is 14.3 Å². The molecule has 162 valence electrons. The van der Waals surface area contributed by atoms with E-state index in [0.29, 0.717) is 18.0 Å². The number of carbonyl (C=O) groups is 3. The molecule has 4 rings (SSSR count). The minimum Gasteiger partial charge on any atom is -0.465 e. The van der Waals surface area contributed by atoms with Crippen LogP contribution in [0.1, 0.15) is 29.1 Å². The van der Waals surface area contributed by atoms with Crippen LogP contribution in [0.2, 0.25) is 0 Å². The molecule has 2 aromatic carbocycles. The summed E-state index contributed by atoms with van der Waals surface area (Å²) in [5, 5.41) is 11.9. The molecule has 1 aromatic heterocycles. The summed E-state index contributed by atoms with van der Waals surface area (Å²) >= 11 is 0. The lowest BCUT2D eigenvalue weighted by molar-refractivity contribution is -0.135. The van der Waals surface area contributed by atoms with Crippen LogP contribution in [0.4, 0.5) is 5.69 Å². The van der Waals surface area contributed by atoms with E-state index in [9.17, 15) is 14.4 Å². The quantitative estimate of drug-likeness (QED) is 0.592. The van der Waals surface area contributed by atoms with Gasteiger partial charge in [-0.3, -0.25) is 9.59 Å². The molecule has 0 atom stereocenters. The number of hydrazone groups is 1. The molecule has 2 amide bonds.